The zero-order valence-electron chi connectivity index (χ0n) is 12.8. The summed E-state index contributed by atoms with van der Waals surface area (Å²) in [5.41, 5.74) is -2.53. The van der Waals surface area contributed by atoms with Gasteiger partial charge in [-0.1, -0.05) is 11.8 Å². The number of anilines is 1. The Bertz CT molecular complexity index is 793. The van der Waals surface area contributed by atoms with Crippen molar-refractivity contribution < 1.29 is 22.9 Å². The summed E-state index contributed by atoms with van der Waals surface area (Å²) in [5, 5.41) is 20.7. The molecule has 1 aromatic heterocycles. The van der Waals surface area contributed by atoms with E-state index in [0.717, 1.165) is 23.9 Å². The Hall–Kier alpha value is -2.63. The first-order chi connectivity index (χ1) is 11.7. The quantitative estimate of drug-likeness (QED) is 0.473. The number of carbonyl (C=O) groups excluding carboxylic acids is 1. The number of nitrogens with one attached hydrogen (secondary N) is 1. The summed E-state index contributed by atoms with van der Waals surface area (Å²) < 4.78 is 40.8. The Labute approximate surface area is 143 Å². The lowest BCUT2D eigenvalue weighted by Crippen LogP contribution is -2.18. The van der Waals surface area contributed by atoms with Crippen molar-refractivity contribution in [3.63, 3.8) is 0 Å². The number of aryl methyl sites for hydroxylation is 1. The van der Waals surface area contributed by atoms with Crippen molar-refractivity contribution in [3.05, 3.63) is 40.2 Å². The SMILES string of the molecule is CCn1cnnc1SCC(=O)Nc1ccc([N+](=O)[O-])cc1C(F)(F)F. The maximum atomic E-state index is 13.0. The Morgan fingerprint density at radius 3 is 2.76 bits per heavy atom. The summed E-state index contributed by atoms with van der Waals surface area (Å²) in [6.07, 6.45) is -3.37. The third-order valence-corrected chi connectivity index (χ3v) is 4.03. The van der Waals surface area contributed by atoms with Crippen LogP contribution >= 0.6 is 11.8 Å². The van der Waals surface area contributed by atoms with Gasteiger partial charge in [0.2, 0.25) is 5.91 Å². The molecular formula is C13H12F3N5O3S. The van der Waals surface area contributed by atoms with Crippen LogP contribution in [0, 0.1) is 10.1 Å². The van der Waals surface area contributed by atoms with Crippen LogP contribution < -0.4 is 5.32 Å². The monoisotopic (exact) mass is 375 g/mol. The molecule has 0 radical (unpaired) electrons. The minimum atomic E-state index is -4.84. The molecule has 2 rings (SSSR count). The first-order valence-electron chi connectivity index (χ1n) is 6.88. The number of carbonyl (C=O) groups is 1. The molecule has 1 heterocycles. The lowest BCUT2D eigenvalue weighted by molar-refractivity contribution is -0.385. The molecule has 0 aliphatic rings. The van der Waals surface area contributed by atoms with Crippen molar-refractivity contribution in [1.29, 1.82) is 0 Å². The smallest absolute Gasteiger partial charge is 0.325 e. The van der Waals surface area contributed by atoms with Crippen LogP contribution in [-0.4, -0.2) is 31.3 Å². The van der Waals surface area contributed by atoms with Crippen molar-refractivity contribution in [2.75, 3.05) is 11.1 Å². The van der Waals surface area contributed by atoms with Gasteiger partial charge in [-0.05, 0) is 13.0 Å². The lowest BCUT2D eigenvalue weighted by Gasteiger charge is -2.13. The number of amides is 1. The molecule has 2 aromatic rings. The topological polar surface area (TPSA) is 103 Å². The van der Waals surface area contributed by atoms with Gasteiger partial charge in [0.05, 0.1) is 21.9 Å². The molecule has 0 aliphatic heterocycles. The highest BCUT2D eigenvalue weighted by Gasteiger charge is 2.35. The molecule has 8 nitrogen and oxygen atoms in total. The van der Waals surface area contributed by atoms with Gasteiger partial charge >= 0.3 is 6.18 Å². The number of rotatable bonds is 6. The van der Waals surface area contributed by atoms with E-state index in [1.807, 2.05) is 6.92 Å². The van der Waals surface area contributed by atoms with E-state index in [0.29, 0.717) is 17.8 Å². The molecule has 0 fully saturated rings. The summed E-state index contributed by atoms with van der Waals surface area (Å²) >= 11 is 1.01. The number of halogens is 3. The molecule has 1 aromatic carbocycles. The van der Waals surface area contributed by atoms with Crippen LogP contribution in [0.5, 0.6) is 0 Å². The molecule has 1 N–H and O–H groups in total. The predicted octanol–water partition coefficient (Wildman–Crippen LogP) is 2.96. The minimum Gasteiger partial charge on any atom is -0.325 e. The van der Waals surface area contributed by atoms with E-state index in [4.69, 9.17) is 0 Å². The van der Waals surface area contributed by atoms with Crippen LogP contribution in [0.3, 0.4) is 0 Å². The largest absolute Gasteiger partial charge is 0.418 e. The fourth-order valence-corrected chi connectivity index (χ4v) is 2.66. The van der Waals surface area contributed by atoms with Crippen LogP contribution in [0.25, 0.3) is 0 Å². The summed E-state index contributed by atoms with van der Waals surface area (Å²) in [6, 6.07) is 2.14. The van der Waals surface area contributed by atoms with E-state index in [2.05, 4.69) is 15.5 Å². The summed E-state index contributed by atoms with van der Waals surface area (Å²) in [6.45, 7) is 2.43. The van der Waals surface area contributed by atoms with E-state index in [9.17, 15) is 28.1 Å². The van der Waals surface area contributed by atoms with Gasteiger partial charge in [-0.3, -0.25) is 14.9 Å². The van der Waals surface area contributed by atoms with Gasteiger partial charge in [0.15, 0.2) is 5.16 Å². The van der Waals surface area contributed by atoms with Gasteiger partial charge in [0.25, 0.3) is 5.69 Å². The predicted molar refractivity (Wildman–Crippen MR) is 83.1 cm³/mol. The van der Waals surface area contributed by atoms with Crippen molar-refractivity contribution in [1.82, 2.24) is 14.8 Å². The number of benzene rings is 1. The molecule has 0 spiro atoms. The highest BCUT2D eigenvalue weighted by Crippen LogP contribution is 2.37. The highest BCUT2D eigenvalue weighted by molar-refractivity contribution is 7.99. The molecule has 0 unspecified atom stereocenters. The summed E-state index contributed by atoms with van der Waals surface area (Å²) in [7, 11) is 0. The molecule has 0 aliphatic carbocycles. The third-order valence-electron chi connectivity index (χ3n) is 3.05. The van der Waals surface area contributed by atoms with E-state index in [1.54, 1.807) is 4.57 Å². The Balaban J connectivity index is 2.13. The zero-order valence-corrected chi connectivity index (χ0v) is 13.6. The number of thioether (sulfide) groups is 1. The number of nitro benzene ring substituents is 1. The molecule has 0 bridgehead atoms. The van der Waals surface area contributed by atoms with Gasteiger partial charge < -0.3 is 9.88 Å². The summed E-state index contributed by atoms with van der Waals surface area (Å²) in [4.78, 5) is 21.6. The fraction of sp³-hybridized carbons (Fsp3) is 0.308. The van der Waals surface area contributed by atoms with E-state index >= 15 is 0 Å². The maximum Gasteiger partial charge on any atom is 0.418 e. The molecule has 0 saturated carbocycles. The minimum absolute atomic E-state index is 0.188. The zero-order chi connectivity index (χ0) is 18.6. The molecule has 0 atom stereocenters. The van der Waals surface area contributed by atoms with Crippen molar-refractivity contribution in [2.45, 2.75) is 24.8 Å². The molecule has 1 amide bonds. The fourth-order valence-electron chi connectivity index (χ4n) is 1.88. The van der Waals surface area contributed by atoms with Crippen molar-refractivity contribution in [3.8, 4) is 0 Å². The van der Waals surface area contributed by atoms with E-state index < -0.39 is 33.9 Å². The van der Waals surface area contributed by atoms with E-state index in [1.165, 1.54) is 6.33 Å². The number of non-ortho nitro benzene ring substituents is 1. The van der Waals surface area contributed by atoms with Crippen molar-refractivity contribution in [2.24, 2.45) is 0 Å². The van der Waals surface area contributed by atoms with Crippen LogP contribution in [0.15, 0.2) is 29.7 Å². The first kappa shape index (κ1) is 18.7. The molecule has 0 saturated heterocycles. The number of hydrogen-bond acceptors (Lipinski definition) is 6. The number of aromatic nitrogens is 3. The second kappa shape index (κ2) is 7.51. The lowest BCUT2D eigenvalue weighted by atomic mass is 10.1. The van der Waals surface area contributed by atoms with Gasteiger partial charge in [-0.2, -0.15) is 13.2 Å². The number of nitro groups is 1. The normalized spacial score (nSPS) is 11.4. The van der Waals surface area contributed by atoms with Gasteiger partial charge in [0.1, 0.15) is 6.33 Å². The Morgan fingerprint density at radius 1 is 1.44 bits per heavy atom. The molecule has 12 heteroatoms. The number of nitrogens with zero attached hydrogens (tertiary/aromatic N) is 4. The summed E-state index contributed by atoms with van der Waals surface area (Å²) in [5.74, 6) is -0.887. The number of hydrogen-bond donors (Lipinski definition) is 1. The second-order valence-corrected chi connectivity index (χ2v) is 5.66. The number of alkyl halides is 3. The molecular weight excluding hydrogens is 363 g/mol. The highest BCUT2D eigenvalue weighted by atomic mass is 32.2. The van der Waals surface area contributed by atoms with Crippen LogP contribution in [0.4, 0.5) is 24.5 Å². The standard InChI is InChI=1S/C13H12F3N5O3S/c1-2-20-7-17-19-12(20)25-6-11(22)18-10-4-3-8(21(23)24)5-9(10)13(14,15)16/h3-5,7H,2,6H2,1H3,(H,18,22). The first-order valence-corrected chi connectivity index (χ1v) is 7.87. The average Bonchev–Trinajstić information content (AvgIpc) is 2.99. The maximum absolute atomic E-state index is 13.0. The average molecular weight is 375 g/mol. The van der Waals surface area contributed by atoms with E-state index in [-0.39, 0.29) is 5.75 Å². The van der Waals surface area contributed by atoms with Gasteiger partial charge in [-0.15, -0.1) is 10.2 Å². The van der Waals surface area contributed by atoms with Crippen molar-refractivity contribution >= 4 is 29.0 Å². The third kappa shape index (κ3) is 4.68. The molecule has 134 valence electrons. The van der Waals surface area contributed by atoms with Crippen LogP contribution in [0.1, 0.15) is 12.5 Å². The van der Waals surface area contributed by atoms with Crippen LogP contribution in [-0.2, 0) is 17.5 Å². The Morgan fingerprint density at radius 2 is 2.16 bits per heavy atom. The van der Waals surface area contributed by atoms with Gasteiger partial charge in [-0.25, -0.2) is 0 Å². The van der Waals surface area contributed by atoms with Crippen LogP contribution in [0.2, 0.25) is 0 Å². The Kier molecular flexibility index (Phi) is 5.62. The second-order valence-electron chi connectivity index (χ2n) is 4.72. The van der Waals surface area contributed by atoms with Gasteiger partial charge in [0, 0.05) is 18.7 Å². The molecule has 25 heavy (non-hydrogen) atoms.